The number of carbonyl (C=O) groups is 1. The first-order valence-electron chi connectivity index (χ1n) is 10.5. The van der Waals surface area contributed by atoms with Crippen molar-refractivity contribution < 1.29 is 9.21 Å². The Balaban J connectivity index is 1.47. The van der Waals surface area contributed by atoms with Gasteiger partial charge in [0.05, 0.1) is 24.1 Å². The molecular weight excluding hydrogens is 412 g/mol. The minimum absolute atomic E-state index is 0.163. The summed E-state index contributed by atoms with van der Waals surface area (Å²) in [4.78, 5) is 12.8. The molecule has 0 spiro atoms. The van der Waals surface area contributed by atoms with Crippen LogP contribution in [0, 0.1) is 25.2 Å². The fraction of sp³-hybridized carbons (Fsp3) is 0.455. The lowest BCUT2D eigenvalue weighted by molar-refractivity contribution is -0.113. The molecule has 4 rings (SSSR count). The van der Waals surface area contributed by atoms with Gasteiger partial charge in [-0.3, -0.25) is 4.79 Å². The van der Waals surface area contributed by atoms with Crippen molar-refractivity contribution in [2.75, 3.05) is 11.1 Å². The lowest BCUT2D eigenvalue weighted by atomic mass is 9.95. The van der Waals surface area contributed by atoms with E-state index in [1.165, 1.54) is 31.0 Å². The van der Waals surface area contributed by atoms with E-state index in [0.717, 1.165) is 29.9 Å². The van der Waals surface area contributed by atoms with Gasteiger partial charge in [-0.2, -0.15) is 5.26 Å². The number of hydrogen-bond acceptors (Lipinski definition) is 6. The molecular formula is C22H26N6O2S. The van der Waals surface area contributed by atoms with Crippen molar-refractivity contribution in [3.63, 3.8) is 0 Å². The van der Waals surface area contributed by atoms with Crippen LogP contribution in [0.1, 0.15) is 60.7 Å². The fourth-order valence-electron chi connectivity index (χ4n) is 4.22. The standard InChI is InChI=1S/C22H26N6O2S/c1-15-16(2)28(17-7-4-3-5-8-17)21(19(15)11-23)25-20(29)13-31-22-26-24-14-27(22)12-18-9-6-10-30-18/h6,9-10,14,17H,3-5,7-8,12-13H2,1-2H3,(H,25,29). The van der Waals surface area contributed by atoms with Gasteiger partial charge in [0.2, 0.25) is 5.91 Å². The minimum Gasteiger partial charge on any atom is -0.467 e. The number of nitrogens with one attached hydrogen (secondary N) is 1. The van der Waals surface area contributed by atoms with Gasteiger partial charge in [-0.25, -0.2) is 0 Å². The molecule has 1 fully saturated rings. The molecule has 162 valence electrons. The summed E-state index contributed by atoms with van der Waals surface area (Å²) in [6.45, 7) is 4.49. The molecule has 0 atom stereocenters. The van der Waals surface area contributed by atoms with Gasteiger partial charge in [-0.05, 0) is 44.4 Å². The zero-order chi connectivity index (χ0) is 21.8. The van der Waals surface area contributed by atoms with E-state index < -0.39 is 0 Å². The van der Waals surface area contributed by atoms with Gasteiger partial charge in [0.25, 0.3) is 0 Å². The van der Waals surface area contributed by atoms with E-state index in [2.05, 4.69) is 26.2 Å². The summed E-state index contributed by atoms with van der Waals surface area (Å²) in [5.74, 6) is 1.44. The Hall–Kier alpha value is -2.99. The SMILES string of the molecule is Cc1c(C#N)c(NC(=O)CSc2nncn2Cc2ccco2)n(C2CCCCC2)c1C. The molecule has 0 bridgehead atoms. The Morgan fingerprint density at radius 1 is 1.35 bits per heavy atom. The van der Waals surface area contributed by atoms with Crippen LogP contribution in [-0.4, -0.2) is 31.0 Å². The van der Waals surface area contributed by atoms with Gasteiger partial charge in [0, 0.05) is 11.7 Å². The molecule has 1 amide bonds. The van der Waals surface area contributed by atoms with Crippen molar-refractivity contribution in [2.45, 2.75) is 63.7 Å². The zero-order valence-corrected chi connectivity index (χ0v) is 18.6. The van der Waals surface area contributed by atoms with Crippen LogP contribution in [0.3, 0.4) is 0 Å². The average molecular weight is 439 g/mol. The number of furan rings is 1. The van der Waals surface area contributed by atoms with Crippen LogP contribution < -0.4 is 5.32 Å². The summed E-state index contributed by atoms with van der Waals surface area (Å²) in [6.07, 6.45) is 9.00. The Bertz CT molecular complexity index is 1090. The Labute approximate surface area is 185 Å². The first-order valence-corrected chi connectivity index (χ1v) is 11.5. The van der Waals surface area contributed by atoms with Crippen molar-refractivity contribution in [1.82, 2.24) is 19.3 Å². The molecule has 0 unspecified atom stereocenters. The highest BCUT2D eigenvalue weighted by molar-refractivity contribution is 7.99. The van der Waals surface area contributed by atoms with Crippen LogP contribution in [-0.2, 0) is 11.3 Å². The topological polar surface area (TPSA) is 102 Å². The lowest BCUT2D eigenvalue weighted by Gasteiger charge is -2.27. The number of thioether (sulfide) groups is 1. The number of carbonyl (C=O) groups excluding carboxylic acids is 1. The molecule has 0 saturated heterocycles. The monoisotopic (exact) mass is 438 g/mol. The van der Waals surface area contributed by atoms with Gasteiger partial charge in [-0.1, -0.05) is 31.0 Å². The van der Waals surface area contributed by atoms with E-state index >= 15 is 0 Å². The second kappa shape index (κ2) is 9.43. The number of aromatic nitrogens is 4. The maximum Gasteiger partial charge on any atom is 0.235 e. The third-order valence-electron chi connectivity index (χ3n) is 5.88. The van der Waals surface area contributed by atoms with Gasteiger partial charge >= 0.3 is 0 Å². The maximum absolute atomic E-state index is 12.8. The van der Waals surface area contributed by atoms with Gasteiger partial charge in [0.1, 0.15) is 24.0 Å². The molecule has 9 heteroatoms. The molecule has 31 heavy (non-hydrogen) atoms. The Morgan fingerprint density at radius 3 is 2.87 bits per heavy atom. The highest BCUT2D eigenvalue weighted by Crippen LogP contribution is 2.36. The number of anilines is 1. The predicted molar refractivity (Wildman–Crippen MR) is 118 cm³/mol. The molecule has 0 radical (unpaired) electrons. The van der Waals surface area contributed by atoms with Crippen LogP contribution in [0.4, 0.5) is 5.82 Å². The normalized spacial score (nSPS) is 14.5. The van der Waals surface area contributed by atoms with Crippen LogP contribution >= 0.6 is 11.8 Å². The highest BCUT2D eigenvalue weighted by atomic mass is 32.2. The summed E-state index contributed by atoms with van der Waals surface area (Å²) in [5.41, 5.74) is 2.56. The van der Waals surface area contributed by atoms with Crippen molar-refractivity contribution in [3.05, 3.63) is 47.3 Å². The number of hydrogen-bond donors (Lipinski definition) is 1. The molecule has 1 aliphatic carbocycles. The average Bonchev–Trinajstić information content (AvgIpc) is 3.50. The number of amides is 1. The first kappa shape index (κ1) is 21.2. The second-order valence-electron chi connectivity index (χ2n) is 7.87. The summed E-state index contributed by atoms with van der Waals surface area (Å²) < 4.78 is 9.40. The molecule has 1 aliphatic rings. The third kappa shape index (κ3) is 4.54. The first-order chi connectivity index (χ1) is 15.1. The summed E-state index contributed by atoms with van der Waals surface area (Å²) in [7, 11) is 0. The third-order valence-corrected chi connectivity index (χ3v) is 6.87. The maximum atomic E-state index is 12.8. The number of nitrogens with zero attached hydrogens (tertiary/aromatic N) is 5. The second-order valence-corrected chi connectivity index (χ2v) is 8.81. The van der Waals surface area contributed by atoms with Crippen LogP contribution in [0.2, 0.25) is 0 Å². The molecule has 3 aromatic heterocycles. The largest absolute Gasteiger partial charge is 0.467 e. The van der Waals surface area contributed by atoms with Crippen LogP contribution in [0.25, 0.3) is 0 Å². The molecule has 0 aromatic carbocycles. The highest BCUT2D eigenvalue weighted by Gasteiger charge is 2.26. The Morgan fingerprint density at radius 2 is 2.16 bits per heavy atom. The van der Waals surface area contributed by atoms with Gasteiger partial charge in [-0.15, -0.1) is 10.2 Å². The van der Waals surface area contributed by atoms with Gasteiger partial charge < -0.3 is 18.9 Å². The van der Waals surface area contributed by atoms with Crippen molar-refractivity contribution in [1.29, 1.82) is 5.26 Å². The van der Waals surface area contributed by atoms with Gasteiger partial charge in [0.15, 0.2) is 5.16 Å². The summed E-state index contributed by atoms with van der Waals surface area (Å²) in [5, 5.41) is 21.5. The van der Waals surface area contributed by atoms with E-state index in [1.54, 1.807) is 12.6 Å². The molecule has 1 saturated carbocycles. The van der Waals surface area contributed by atoms with Crippen LogP contribution in [0.5, 0.6) is 0 Å². The zero-order valence-electron chi connectivity index (χ0n) is 17.8. The molecule has 1 N–H and O–H groups in total. The van der Waals surface area contributed by atoms with Crippen molar-refractivity contribution in [2.24, 2.45) is 0 Å². The molecule has 0 aliphatic heterocycles. The molecule has 3 heterocycles. The summed E-state index contributed by atoms with van der Waals surface area (Å²) in [6, 6.07) is 6.34. The van der Waals surface area contributed by atoms with E-state index in [9.17, 15) is 10.1 Å². The lowest BCUT2D eigenvalue weighted by Crippen LogP contribution is -2.22. The number of rotatable bonds is 7. The quantitative estimate of drug-likeness (QED) is 0.547. The van der Waals surface area contributed by atoms with E-state index in [4.69, 9.17) is 4.42 Å². The molecule has 3 aromatic rings. The van der Waals surface area contributed by atoms with Crippen molar-refractivity contribution in [3.8, 4) is 6.07 Å². The number of nitriles is 1. The van der Waals surface area contributed by atoms with E-state index in [0.29, 0.717) is 29.1 Å². The smallest absolute Gasteiger partial charge is 0.235 e. The minimum atomic E-state index is -0.163. The van der Waals surface area contributed by atoms with E-state index in [-0.39, 0.29) is 11.7 Å². The summed E-state index contributed by atoms with van der Waals surface area (Å²) >= 11 is 1.31. The van der Waals surface area contributed by atoms with Crippen LogP contribution in [0.15, 0.2) is 34.3 Å². The molecule has 8 nitrogen and oxygen atoms in total. The Kier molecular flexibility index (Phi) is 6.47. The fourth-order valence-corrected chi connectivity index (χ4v) is 4.93. The predicted octanol–water partition coefficient (Wildman–Crippen LogP) is 4.45. The van der Waals surface area contributed by atoms with Crippen molar-refractivity contribution >= 4 is 23.5 Å². The van der Waals surface area contributed by atoms with E-state index in [1.807, 2.05) is 30.5 Å².